The number of carbonyl (C=O) groups excluding carboxylic acids is 1. The summed E-state index contributed by atoms with van der Waals surface area (Å²) < 4.78 is 1.02. The lowest BCUT2D eigenvalue weighted by Crippen LogP contribution is -2.06. The molecule has 1 heterocycles. The molecule has 0 N–H and O–H groups in total. The molecule has 0 saturated carbocycles. The van der Waals surface area contributed by atoms with E-state index in [1.165, 1.54) is 0 Å². The van der Waals surface area contributed by atoms with Crippen LogP contribution in [0.4, 0.5) is 0 Å². The Morgan fingerprint density at radius 2 is 1.88 bits per heavy atom. The molecular weight excluding hydrogens is 278 g/mol. The molecule has 0 aliphatic heterocycles. The molecule has 3 heteroatoms. The van der Waals surface area contributed by atoms with Crippen LogP contribution < -0.4 is 0 Å². The lowest BCUT2D eigenvalue weighted by molar-refractivity contribution is 0.0988. The van der Waals surface area contributed by atoms with Gasteiger partial charge in [-0.2, -0.15) is 0 Å². The van der Waals surface area contributed by atoms with Gasteiger partial charge in [0.1, 0.15) is 5.69 Å². The average molecular weight is 290 g/mol. The van der Waals surface area contributed by atoms with Crippen LogP contribution in [0, 0.1) is 6.92 Å². The maximum Gasteiger partial charge on any atom is 0.185 e. The van der Waals surface area contributed by atoms with Gasteiger partial charge < -0.3 is 0 Å². The minimum Gasteiger partial charge on any atom is -0.292 e. The minimum absolute atomic E-state index is 0.0519. The second kappa shape index (κ2) is 5.23. The number of benzene rings is 1. The molecule has 17 heavy (non-hydrogen) atoms. The average Bonchev–Trinajstić information content (AvgIpc) is 2.32. The van der Waals surface area contributed by atoms with Gasteiger partial charge in [-0.1, -0.05) is 34.1 Å². The first-order chi connectivity index (χ1) is 8.15. The van der Waals surface area contributed by atoms with E-state index < -0.39 is 0 Å². The lowest BCUT2D eigenvalue weighted by Gasteiger charge is -2.02. The van der Waals surface area contributed by atoms with Crippen molar-refractivity contribution in [2.24, 2.45) is 0 Å². The highest BCUT2D eigenvalue weighted by Gasteiger charge is 2.08. The number of aryl methyl sites for hydroxylation is 1. The number of pyridine rings is 1. The summed E-state index contributed by atoms with van der Waals surface area (Å²) in [6.07, 6.45) is 0.393. The zero-order valence-corrected chi connectivity index (χ0v) is 11.1. The Morgan fingerprint density at radius 1 is 1.18 bits per heavy atom. The van der Waals surface area contributed by atoms with Crippen LogP contribution in [-0.4, -0.2) is 10.8 Å². The van der Waals surface area contributed by atoms with Gasteiger partial charge in [-0.25, -0.2) is 0 Å². The van der Waals surface area contributed by atoms with Crippen molar-refractivity contribution in [2.75, 3.05) is 0 Å². The summed E-state index contributed by atoms with van der Waals surface area (Å²) in [5.74, 6) is 0.0519. The number of Topliss-reactive ketones (excluding diaryl/α,β-unsaturated/α-hetero) is 1. The Bertz CT molecular complexity index is 534. The minimum atomic E-state index is 0.0519. The highest BCUT2D eigenvalue weighted by molar-refractivity contribution is 9.10. The van der Waals surface area contributed by atoms with Crippen LogP contribution in [0.3, 0.4) is 0 Å². The van der Waals surface area contributed by atoms with E-state index in [2.05, 4.69) is 20.9 Å². The molecule has 86 valence electrons. The first-order valence-corrected chi connectivity index (χ1v) is 6.16. The number of carbonyl (C=O) groups is 1. The maximum atomic E-state index is 12.0. The molecule has 0 unspecified atom stereocenters. The Balaban J connectivity index is 2.14. The zero-order chi connectivity index (χ0) is 12.3. The van der Waals surface area contributed by atoms with Crippen LogP contribution >= 0.6 is 15.9 Å². The third kappa shape index (κ3) is 3.24. The van der Waals surface area contributed by atoms with E-state index in [0.717, 1.165) is 15.7 Å². The largest absolute Gasteiger partial charge is 0.292 e. The number of hydrogen-bond acceptors (Lipinski definition) is 2. The number of hydrogen-bond donors (Lipinski definition) is 0. The summed E-state index contributed by atoms with van der Waals surface area (Å²) in [6.45, 7) is 1.89. The summed E-state index contributed by atoms with van der Waals surface area (Å²) in [7, 11) is 0. The highest BCUT2D eigenvalue weighted by atomic mass is 79.9. The van der Waals surface area contributed by atoms with Crippen molar-refractivity contribution >= 4 is 21.7 Å². The topological polar surface area (TPSA) is 30.0 Å². The second-order valence-corrected chi connectivity index (χ2v) is 4.81. The Kier molecular flexibility index (Phi) is 3.69. The summed E-state index contributed by atoms with van der Waals surface area (Å²) in [5.41, 5.74) is 2.40. The predicted octanol–water partition coefficient (Wildman–Crippen LogP) is 3.58. The van der Waals surface area contributed by atoms with Crippen molar-refractivity contribution in [1.82, 2.24) is 4.98 Å². The fraction of sp³-hybridized carbons (Fsp3) is 0.143. The third-order valence-corrected chi connectivity index (χ3v) is 2.98. The summed E-state index contributed by atoms with van der Waals surface area (Å²) in [6, 6.07) is 13.3. The molecule has 2 nitrogen and oxygen atoms in total. The molecule has 0 radical (unpaired) electrons. The number of aromatic nitrogens is 1. The van der Waals surface area contributed by atoms with Gasteiger partial charge in [-0.3, -0.25) is 9.78 Å². The molecule has 0 aliphatic carbocycles. The summed E-state index contributed by atoms with van der Waals surface area (Å²) in [5, 5.41) is 0. The number of rotatable bonds is 3. The zero-order valence-electron chi connectivity index (χ0n) is 9.48. The van der Waals surface area contributed by atoms with E-state index in [4.69, 9.17) is 0 Å². The molecular formula is C14H12BrNO. The van der Waals surface area contributed by atoms with Crippen LogP contribution in [-0.2, 0) is 6.42 Å². The molecule has 2 aromatic rings. The predicted molar refractivity (Wildman–Crippen MR) is 71.2 cm³/mol. The molecule has 1 aromatic heterocycles. The smallest absolute Gasteiger partial charge is 0.185 e. The fourth-order valence-electron chi connectivity index (χ4n) is 1.58. The first-order valence-electron chi connectivity index (χ1n) is 5.36. The standard InChI is InChI=1S/C14H12BrNO/c1-10-3-2-4-13(16-10)14(17)9-11-5-7-12(15)8-6-11/h2-8H,9H2,1H3. The Morgan fingerprint density at radius 3 is 2.53 bits per heavy atom. The van der Waals surface area contributed by atoms with Gasteiger partial charge in [-0.15, -0.1) is 0 Å². The van der Waals surface area contributed by atoms with E-state index in [1.54, 1.807) is 6.07 Å². The summed E-state index contributed by atoms with van der Waals surface area (Å²) >= 11 is 3.37. The molecule has 0 spiro atoms. The molecule has 0 atom stereocenters. The van der Waals surface area contributed by atoms with E-state index >= 15 is 0 Å². The lowest BCUT2D eigenvalue weighted by atomic mass is 10.1. The van der Waals surface area contributed by atoms with Gasteiger partial charge in [0.05, 0.1) is 0 Å². The number of halogens is 1. The van der Waals surface area contributed by atoms with Crippen molar-refractivity contribution in [2.45, 2.75) is 13.3 Å². The van der Waals surface area contributed by atoms with Gasteiger partial charge >= 0.3 is 0 Å². The first kappa shape index (κ1) is 12.0. The third-order valence-electron chi connectivity index (χ3n) is 2.45. The molecule has 0 fully saturated rings. The van der Waals surface area contributed by atoms with E-state index in [0.29, 0.717) is 12.1 Å². The highest BCUT2D eigenvalue weighted by Crippen LogP contribution is 2.12. The van der Waals surface area contributed by atoms with Crippen LogP contribution in [0.25, 0.3) is 0 Å². The fourth-order valence-corrected chi connectivity index (χ4v) is 1.84. The molecule has 0 saturated heterocycles. The van der Waals surface area contributed by atoms with Crippen LogP contribution in [0.15, 0.2) is 46.9 Å². The van der Waals surface area contributed by atoms with Crippen molar-refractivity contribution in [3.05, 3.63) is 63.9 Å². The van der Waals surface area contributed by atoms with Crippen LogP contribution in [0.2, 0.25) is 0 Å². The molecule has 1 aromatic carbocycles. The maximum absolute atomic E-state index is 12.0. The quantitative estimate of drug-likeness (QED) is 0.809. The number of ketones is 1. The van der Waals surface area contributed by atoms with Crippen molar-refractivity contribution < 1.29 is 4.79 Å². The SMILES string of the molecule is Cc1cccc(C(=O)Cc2ccc(Br)cc2)n1. The monoisotopic (exact) mass is 289 g/mol. The van der Waals surface area contributed by atoms with Crippen molar-refractivity contribution in [3.63, 3.8) is 0 Å². The Labute approximate surface area is 109 Å². The molecule has 0 bridgehead atoms. The normalized spacial score (nSPS) is 10.2. The molecule has 0 amide bonds. The van der Waals surface area contributed by atoms with Gasteiger partial charge in [0.15, 0.2) is 5.78 Å². The van der Waals surface area contributed by atoms with Crippen LogP contribution in [0.1, 0.15) is 21.7 Å². The van der Waals surface area contributed by atoms with Gasteiger partial charge in [0.2, 0.25) is 0 Å². The van der Waals surface area contributed by atoms with Crippen LogP contribution in [0.5, 0.6) is 0 Å². The molecule has 0 aliphatic rings. The van der Waals surface area contributed by atoms with Gasteiger partial charge in [0.25, 0.3) is 0 Å². The summed E-state index contributed by atoms with van der Waals surface area (Å²) in [4.78, 5) is 16.2. The van der Waals surface area contributed by atoms with E-state index in [1.807, 2.05) is 43.3 Å². The van der Waals surface area contributed by atoms with Gasteiger partial charge in [0, 0.05) is 16.6 Å². The molecule has 2 rings (SSSR count). The number of nitrogens with zero attached hydrogens (tertiary/aromatic N) is 1. The van der Waals surface area contributed by atoms with E-state index in [9.17, 15) is 4.79 Å². The van der Waals surface area contributed by atoms with Crippen molar-refractivity contribution in [1.29, 1.82) is 0 Å². The second-order valence-electron chi connectivity index (χ2n) is 3.89. The van der Waals surface area contributed by atoms with Gasteiger partial charge in [-0.05, 0) is 36.8 Å². The van der Waals surface area contributed by atoms with E-state index in [-0.39, 0.29) is 5.78 Å². The van der Waals surface area contributed by atoms with Crippen molar-refractivity contribution in [3.8, 4) is 0 Å². The Hall–Kier alpha value is -1.48.